The Morgan fingerprint density at radius 3 is 2.50 bits per heavy atom. The lowest BCUT2D eigenvalue weighted by Gasteiger charge is -2.25. The molecular formula is C37H36N6O3. The molecule has 9 heteroatoms. The molecule has 0 aliphatic heterocycles. The number of primary amides is 1. The van der Waals surface area contributed by atoms with E-state index in [4.69, 9.17) is 20.6 Å². The van der Waals surface area contributed by atoms with Crippen molar-refractivity contribution in [1.82, 2.24) is 24.9 Å². The maximum absolute atomic E-state index is 13.6. The summed E-state index contributed by atoms with van der Waals surface area (Å²) in [5.74, 6) is 0.0210. The van der Waals surface area contributed by atoms with E-state index >= 15 is 0 Å². The molecule has 1 fully saturated rings. The van der Waals surface area contributed by atoms with Crippen LogP contribution in [0.5, 0.6) is 5.75 Å². The molecule has 1 aliphatic carbocycles. The zero-order chi connectivity index (χ0) is 31.5. The second kappa shape index (κ2) is 12.9. The van der Waals surface area contributed by atoms with Crippen molar-refractivity contribution < 1.29 is 14.3 Å². The topological polar surface area (TPSA) is 127 Å². The molecule has 0 saturated heterocycles. The molecule has 2 amide bonds. The highest BCUT2D eigenvalue weighted by Crippen LogP contribution is 2.38. The molecule has 3 aromatic heterocycles. The number of carbonyl (C=O) groups excluding carboxylic acids is 2. The molecule has 0 unspecified atom stereocenters. The second-order valence-corrected chi connectivity index (χ2v) is 12.0. The Bertz CT molecular complexity index is 1990. The van der Waals surface area contributed by atoms with Gasteiger partial charge in [-0.25, -0.2) is 9.50 Å². The maximum atomic E-state index is 13.6. The number of nitrogens with two attached hydrogens (primary N) is 1. The smallest absolute Gasteiger partial charge is 0.257 e. The molecule has 0 radical (unpaired) electrons. The number of H-pyrrole nitrogens is 1. The first kappa shape index (κ1) is 29.3. The molecule has 1 aliphatic rings. The fourth-order valence-electron chi connectivity index (χ4n) is 6.55. The minimum atomic E-state index is -0.902. The van der Waals surface area contributed by atoms with Gasteiger partial charge in [0.05, 0.1) is 11.9 Å². The van der Waals surface area contributed by atoms with Gasteiger partial charge in [-0.05, 0) is 47.7 Å². The zero-order valence-electron chi connectivity index (χ0n) is 25.5. The van der Waals surface area contributed by atoms with Crippen LogP contribution in [-0.4, -0.2) is 37.4 Å². The van der Waals surface area contributed by atoms with E-state index in [0.717, 1.165) is 70.3 Å². The van der Waals surface area contributed by atoms with E-state index in [9.17, 15) is 9.59 Å². The fourth-order valence-corrected chi connectivity index (χ4v) is 6.55. The molecular weight excluding hydrogens is 576 g/mol. The van der Waals surface area contributed by atoms with Gasteiger partial charge in [0.1, 0.15) is 24.0 Å². The van der Waals surface area contributed by atoms with Crippen molar-refractivity contribution in [2.75, 3.05) is 0 Å². The molecule has 3 heterocycles. The standard InChI is InChI=1S/C37H36N6O3/c38-35(44)33(19-27-20-39-32-14-8-7-13-29(27)32)42-37(45)31-22-41-43-34(26-11-5-2-6-12-26)30(21-40-36(31)43)25-15-17-28(18-16-25)46-23-24-9-3-1-4-10-24/h1,3-4,7-10,13-18,20-22,26,33,39H,2,5-6,11-12,19,23H2,(H2,38,44)(H,42,45)/t33-/m0/s1. The predicted octanol–water partition coefficient (Wildman–Crippen LogP) is 6.33. The van der Waals surface area contributed by atoms with Crippen LogP contribution >= 0.6 is 0 Å². The molecule has 9 nitrogen and oxygen atoms in total. The number of fused-ring (bicyclic) bond motifs is 2. The van der Waals surface area contributed by atoms with Crippen LogP contribution in [-0.2, 0) is 17.8 Å². The van der Waals surface area contributed by atoms with E-state index in [0.29, 0.717) is 17.8 Å². The summed E-state index contributed by atoms with van der Waals surface area (Å²) in [5.41, 5.74) is 12.5. The summed E-state index contributed by atoms with van der Waals surface area (Å²) in [5, 5.41) is 8.54. The van der Waals surface area contributed by atoms with Crippen molar-refractivity contribution in [2.45, 2.75) is 57.1 Å². The molecule has 4 N–H and O–H groups in total. The number of amides is 2. The minimum Gasteiger partial charge on any atom is -0.489 e. The summed E-state index contributed by atoms with van der Waals surface area (Å²) in [7, 11) is 0. The van der Waals surface area contributed by atoms with E-state index in [1.807, 2.05) is 83.6 Å². The summed E-state index contributed by atoms with van der Waals surface area (Å²) in [6.45, 7) is 0.498. The summed E-state index contributed by atoms with van der Waals surface area (Å²) >= 11 is 0. The van der Waals surface area contributed by atoms with E-state index in [-0.39, 0.29) is 12.3 Å². The van der Waals surface area contributed by atoms with Crippen molar-refractivity contribution in [1.29, 1.82) is 0 Å². The highest BCUT2D eigenvalue weighted by molar-refractivity contribution is 6.02. The highest BCUT2D eigenvalue weighted by Gasteiger charge is 2.27. The van der Waals surface area contributed by atoms with Gasteiger partial charge in [0.15, 0.2) is 5.65 Å². The average Bonchev–Trinajstić information content (AvgIpc) is 3.72. The number of ether oxygens (including phenoxy) is 1. The first-order chi connectivity index (χ1) is 22.5. The normalized spacial score (nSPS) is 14.3. The fraction of sp³-hybridized carbons (Fsp3) is 0.243. The van der Waals surface area contributed by atoms with Crippen molar-refractivity contribution in [2.24, 2.45) is 5.73 Å². The number of nitrogens with one attached hydrogen (secondary N) is 2. The van der Waals surface area contributed by atoms with Crippen molar-refractivity contribution >= 4 is 28.4 Å². The molecule has 6 aromatic rings. The first-order valence-corrected chi connectivity index (χ1v) is 15.8. The van der Waals surface area contributed by atoms with Crippen LogP contribution in [0.15, 0.2) is 97.5 Å². The Morgan fingerprint density at radius 1 is 0.957 bits per heavy atom. The molecule has 46 heavy (non-hydrogen) atoms. The molecule has 0 bridgehead atoms. The van der Waals surface area contributed by atoms with Crippen molar-refractivity contribution in [3.05, 3.63) is 120 Å². The SMILES string of the molecule is NC(=O)[C@H](Cc1c[nH]c2ccccc12)NC(=O)c1cnn2c(C3CCCCC3)c(-c3ccc(OCc4ccccc4)cc3)cnc12. The van der Waals surface area contributed by atoms with E-state index < -0.39 is 17.9 Å². The second-order valence-electron chi connectivity index (χ2n) is 12.0. The van der Waals surface area contributed by atoms with Gasteiger partial charge >= 0.3 is 0 Å². The van der Waals surface area contributed by atoms with Gasteiger partial charge < -0.3 is 20.8 Å². The van der Waals surface area contributed by atoms with Gasteiger partial charge in [0.25, 0.3) is 5.91 Å². The molecule has 3 aromatic carbocycles. The van der Waals surface area contributed by atoms with Crippen LogP contribution in [0.25, 0.3) is 27.7 Å². The van der Waals surface area contributed by atoms with E-state index in [2.05, 4.69) is 22.4 Å². The minimum absolute atomic E-state index is 0.264. The Hall–Kier alpha value is -5.44. The van der Waals surface area contributed by atoms with Crippen LogP contribution in [0.3, 0.4) is 0 Å². The molecule has 7 rings (SSSR count). The number of para-hydroxylation sites is 1. The number of hydrogen-bond donors (Lipinski definition) is 3. The van der Waals surface area contributed by atoms with Gasteiger partial charge in [0.2, 0.25) is 5.91 Å². The zero-order valence-corrected chi connectivity index (χ0v) is 25.5. The average molecular weight is 613 g/mol. The third-order valence-corrected chi connectivity index (χ3v) is 8.96. The molecule has 0 spiro atoms. The Labute approximate surface area is 266 Å². The number of hydrogen-bond acceptors (Lipinski definition) is 5. The summed E-state index contributed by atoms with van der Waals surface area (Å²) in [6.07, 6.45) is 11.1. The number of nitrogens with zero attached hydrogens (tertiary/aromatic N) is 3. The quantitative estimate of drug-likeness (QED) is 0.167. The van der Waals surface area contributed by atoms with Gasteiger partial charge in [-0.2, -0.15) is 5.10 Å². The van der Waals surface area contributed by atoms with Crippen LogP contribution < -0.4 is 15.8 Å². The number of rotatable bonds is 10. The molecule has 1 saturated carbocycles. The first-order valence-electron chi connectivity index (χ1n) is 15.8. The van der Waals surface area contributed by atoms with E-state index in [1.54, 1.807) is 0 Å². The van der Waals surface area contributed by atoms with Gasteiger partial charge in [0, 0.05) is 41.2 Å². The molecule has 1 atom stereocenters. The summed E-state index contributed by atoms with van der Waals surface area (Å²) < 4.78 is 7.84. The maximum Gasteiger partial charge on any atom is 0.257 e. The lowest BCUT2D eigenvalue weighted by atomic mass is 9.84. The van der Waals surface area contributed by atoms with Gasteiger partial charge in [-0.3, -0.25) is 9.59 Å². The van der Waals surface area contributed by atoms with Crippen LogP contribution in [0.4, 0.5) is 0 Å². The molecule has 232 valence electrons. The van der Waals surface area contributed by atoms with Crippen molar-refractivity contribution in [3.63, 3.8) is 0 Å². The number of benzene rings is 3. The number of aromatic nitrogens is 4. The lowest BCUT2D eigenvalue weighted by molar-refractivity contribution is -0.119. The number of carbonyl (C=O) groups is 2. The largest absolute Gasteiger partial charge is 0.489 e. The number of aromatic amines is 1. The van der Waals surface area contributed by atoms with Crippen LogP contribution in [0.2, 0.25) is 0 Å². The van der Waals surface area contributed by atoms with Crippen molar-refractivity contribution in [3.8, 4) is 16.9 Å². The van der Waals surface area contributed by atoms with Gasteiger partial charge in [-0.15, -0.1) is 0 Å². The van der Waals surface area contributed by atoms with Crippen LogP contribution in [0.1, 0.15) is 65.2 Å². The van der Waals surface area contributed by atoms with Crippen LogP contribution in [0, 0.1) is 0 Å². The third kappa shape index (κ3) is 5.96. The summed E-state index contributed by atoms with van der Waals surface area (Å²) in [4.78, 5) is 34.1. The summed E-state index contributed by atoms with van der Waals surface area (Å²) in [6, 6.07) is 25.1. The Balaban J connectivity index is 1.17. The Kier molecular flexibility index (Phi) is 8.20. The van der Waals surface area contributed by atoms with E-state index in [1.165, 1.54) is 12.6 Å². The Morgan fingerprint density at radius 2 is 1.72 bits per heavy atom. The monoisotopic (exact) mass is 612 g/mol. The lowest BCUT2D eigenvalue weighted by Crippen LogP contribution is -2.45. The highest BCUT2D eigenvalue weighted by atomic mass is 16.5. The third-order valence-electron chi connectivity index (χ3n) is 8.96. The van der Waals surface area contributed by atoms with Gasteiger partial charge in [-0.1, -0.05) is 79.9 Å². The predicted molar refractivity (Wildman–Crippen MR) is 177 cm³/mol.